The molecule has 3 aromatic heterocycles. The van der Waals surface area contributed by atoms with E-state index in [4.69, 9.17) is 24.7 Å². The van der Waals surface area contributed by atoms with Crippen molar-refractivity contribution in [1.82, 2.24) is 35.5 Å². The molecule has 4 atom stereocenters. The zero-order valence-corrected chi connectivity index (χ0v) is 34.8. The third-order valence-electron chi connectivity index (χ3n) is 10.8. The quantitative estimate of drug-likeness (QED) is 0.126. The van der Waals surface area contributed by atoms with Gasteiger partial charge in [0.05, 0.1) is 20.1 Å². The number of ether oxygens (including phenoxy) is 1. The zero-order chi connectivity index (χ0) is 39.4. The van der Waals surface area contributed by atoms with Crippen molar-refractivity contribution in [3.8, 4) is 0 Å². The van der Waals surface area contributed by atoms with Crippen molar-refractivity contribution in [3.05, 3.63) is 68.8 Å². The largest absolute Gasteiger partial charge is 2.00 e. The summed E-state index contributed by atoms with van der Waals surface area (Å²) in [5.74, 6) is -1.73. The minimum absolute atomic E-state index is 0. The van der Waals surface area contributed by atoms with Gasteiger partial charge in [0.15, 0.2) is 5.78 Å². The number of aromatic nitrogens is 4. The number of ketones is 1. The summed E-state index contributed by atoms with van der Waals surface area (Å²) in [6.45, 7) is 12.5. The fourth-order valence-corrected chi connectivity index (χ4v) is 7.74. The number of rotatable bonds is 13. The molecule has 0 unspecified atom stereocenters. The molecule has 14 heteroatoms. The van der Waals surface area contributed by atoms with E-state index in [0.717, 1.165) is 23.4 Å². The molecule has 0 fully saturated rings. The molecule has 0 aliphatic carbocycles. The summed E-state index contributed by atoms with van der Waals surface area (Å²) in [7, 11) is 5.17. The van der Waals surface area contributed by atoms with Gasteiger partial charge in [-0.05, 0) is 53.3 Å². The Bertz CT molecular complexity index is 2110. The molecule has 298 valence electrons. The number of nitrogens with one attached hydrogen (secondary N) is 2. The summed E-state index contributed by atoms with van der Waals surface area (Å²) >= 11 is 0. The Kier molecular flexibility index (Phi) is 14.7. The third-order valence-corrected chi connectivity index (χ3v) is 10.8. The number of aryl methyl sites for hydroxylation is 2. The van der Waals surface area contributed by atoms with E-state index in [1.807, 2.05) is 58.0 Å². The molecule has 2 aliphatic rings. The minimum atomic E-state index is -0.532. The molecule has 13 nitrogen and oxygen atoms in total. The molecule has 0 saturated heterocycles. The van der Waals surface area contributed by atoms with E-state index in [1.165, 1.54) is 14.0 Å². The molecule has 2 amide bonds. The number of hydrogen-bond donors (Lipinski definition) is 3. The first kappa shape index (κ1) is 43.5. The number of Topliss-reactive ketones (excluding diaryl/α,β-unsaturated/α-hetero) is 1. The number of aliphatic hydroxyl groups is 1. The summed E-state index contributed by atoms with van der Waals surface area (Å²) in [6.07, 6.45) is 1.07. The van der Waals surface area contributed by atoms with E-state index in [-0.39, 0.29) is 87.7 Å². The Hall–Kier alpha value is -4.22. The van der Waals surface area contributed by atoms with E-state index >= 15 is 0 Å². The number of nitrogens with zero attached hydrogens (tertiary/aromatic N) is 5. The SMILES string of the molecule is CC[C@H]1c2cc3[n-]c(c(CC(=O)OC)c4nc(cc5[n-]c(cc(n2)[C@@H]1C)c(C(C)=O)c5C)[C@@H](C)[C@@H]4CCC(=O)NCCO)c(C(=O)NCCN(C)C)c3C.[Pd+2]. The number of carbonyl (C=O) groups excluding carboxylic acids is 4. The smallest absolute Gasteiger partial charge is 0.657 e. The number of esters is 1. The Morgan fingerprint density at radius 1 is 0.873 bits per heavy atom. The normalized spacial score (nSPS) is 17.8. The number of fused-ring (bicyclic) bond motifs is 8. The van der Waals surface area contributed by atoms with Gasteiger partial charge in [-0.3, -0.25) is 29.1 Å². The molecule has 0 aromatic carbocycles. The van der Waals surface area contributed by atoms with Crippen LogP contribution in [0.25, 0.3) is 22.1 Å². The van der Waals surface area contributed by atoms with E-state index in [2.05, 4.69) is 24.5 Å². The Labute approximate surface area is 336 Å². The summed E-state index contributed by atoms with van der Waals surface area (Å²) < 4.78 is 5.20. The molecule has 5 heterocycles. The fraction of sp³-hybridized carbons (Fsp3) is 0.512. The van der Waals surface area contributed by atoms with Crippen molar-refractivity contribution in [2.24, 2.45) is 0 Å². The second-order valence-corrected chi connectivity index (χ2v) is 14.7. The maximum Gasteiger partial charge on any atom is 2.00 e. The Morgan fingerprint density at radius 2 is 1.49 bits per heavy atom. The summed E-state index contributed by atoms with van der Waals surface area (Å²) in [6, 6.07) is 5.72. The van der Waals surface area contributed by atoms with Gasteiger partial charge in [-0.1, -0.05) is 50.1 Å². The predicted molar refractivity (Wildman–Crippen MR) is 207 cm³/mol. The van der Waals surface area contributed by atoms with Crippen molar-refractivity contribution in [3.63, 3.8) is 0 Å². The van der Waals surface area contributed by atoms with E-state index in [9.17, 15) is 24.3 Å². The van der Waals surface area contributed by atoms with Crippen molar-refractivity contribution in [1.29, 1.82) is 0 Å². The van der Waals surface area contributed by atoms with Crippen molar-refractivity contribution < 1.29 is 49.4 Å². The third kappa shape index (κ3) is 9.26. The standard InChI is InChI=1S/C41H55N7O6.Pd/c1-10-26-21(2)29-20-34-37(25(6)50)23(4)31(45-34)18-30-22(3)27(11-12-35(51)42-14-16-49)39(46-30)28(17-36(52)54-9)40-38(41(53)43-13-15-48(7)8)24(5)32(47-40)19-33(26)44-29;/h18-22,26-27,49H,10-17H2,1-9H3,(H4,42,43,44,45,46,47,50,51,53);/q;+2/p-2/t21-,22+,26-,27+;/m1./s1. The summed E-state index contributed by atoms with van der Waals surface area (Å²) in [4.78, 5) is 75.7. The van der Waals surface area contributed by atoms with Crippen LogP contribution in [0.5, 0.6) is 0 Å². The van der Waals surface area contributed by atoms with Gasteiger partial charge in [0, 0.05) is 83.6 Å². The first-order chi connectivity index (χ1) is 25.7. The molecule has 3 aromatic rings. The number of likely N-dealkylation sites (N-methyl/N-ethyl adjacent to an activating group) is 1. The number of hydrogen-bond acceptors (Lipinski definition) is 9. The van der Waals surface area contributed by atoms with Crippen LogP contribution in [0.4, 0.5) is 0 Å². The minimum Gasteiger partial charge on any atom is -0.657 e. The van der Waals surface area contributed by atoms with Crippen molar-refractivity contribution in [2.45, 2.75) is 90.9 Å². The van der Waals surface area contributed by atoms with E-state index in [1.54, 1.807) is 0 Å². The average molecular weight is 846 g/mol. The van der Waals surface area contributed by atoms with Crippen molar-refractivity contribution >= 4 is 45.6 Å². The van der Waals surface area contributed by atoms with Gasteiger partial charge in [-0.15, -0.1) is 22.1 Å². The number of methoxy groups -OCH3 is 1. The van der Waals surface area contributed by atoms with Crippen LogP contribution in [0.15, 0.2) is 18.2 Å². The van der Waals surface area contributed by atoms with Gasteiger partial charge in [-0.2, -0.15) is 0 Å². The first-order valence-electron chi connectivity index (χ1n) is 18.7. The molecule has 2 aliphatic heterocycles. The van der Waals surface area contributed by atoms with Crippen LogP contribution < -0.4 is 20.6 Å². The van der Waals surface area contributed by atoms with Gasteiger partial charge in [0.2, 0.25) is 11.8 Å². The maximum atomic E-state index is 14.2. The molecule has 0 spiro atoms. The molecule has 55 heavy (non-hydrogen) atoms. The molecule has 0 radical (unpaired) electrons. The second kappa shape index (κ2) is 18.6. The molecule has 8 bridgehead atoms. The Balaban J connectivity index is 0.00000673. The van der Waals surface area contributed by atoms with Crippen molar-refractivity contribution in [2.75, 3.05) is 47.4 Å². The van der Waals surface area contributed by atoms with E-state index in [0.29, 0.717) is 75.2 Å². The number of carbonyl (C=O) groups is 4. The van der Waals surface area contributed by atoms with Crippen LogP contribution in [0.3, 0.4) is 0 Å². The molecule has 0 saturated carbocycles. The van der Waals surface area contributed by atoms with Crippen LogP contribution in [0, 0.1) is 13.8 Å². The van der Waals surface area contributed by atoms with Gasteiger partial charge >= 0.3 is 26.4 Å². The van der Waals surface area contributed by atoms with Gasteiger partial charge < -0.3 is 35.3 Å². The zero-order valence-electron chi connectivity index (χ0n) is 33.2. The van der Waals surface area contributed by atoms with Gasteiger partial charge in [-0.25, -0.2) is 0 Å². The monoisotopic (exact) mass is 845 g/mol. The fourth-order valence-electron chi connectivity index (χ4n) is 7.74. The number of aliphatic hydroxyl groups excluding tert-OH is 1. The van der Waals surface area contributed by atoms with Crippen LogP contribution >= 0.6 is 0 Å². The predicted octanol–water partition coefficient (Wildman–Crippen LogP) is 4.47. The molecule has 5 rings (SSSR count). The van der Waals surface area contributed by atoms with Crippen LogP contribution in [0.2, 0.25) is 0 Å². The summed E-state index contributed by atoms with van der Waals surface area (Å²) in [5.41, 5.74) is 7.50. The van der Waals surface area contributed by atoms with E-state index < -0.39 is 5.97 Å². The Morgan fingerprint density at radius 3 is 2.13 bits per heavy atom. The maximum absolute atomic E-state index is 14.2. The molecular formula is C41H53N7O6Pd. The topological polar surface area (TPSA) is 179 Å². The molecular weight excluding hydrogens is 793 g/mol. The first-order valence-corrected chi connectivity index (χ1v) is 18.7. The van der Waals surface area contributed by atoms with Crippen LogP contribution in [0.1, 0.15) is 131 Å². The van der Waals surface area contributed by atoms with Gasteiger partial charge in [0.1, 0.15) is 0 Å². The van der Waals surface area contributed by atoms with Gasteiger partial charge in [0.25, 0.3) is 0 Å². The average Bonchev–Trinajstić information content (AvgIpc) is 3.81. The molecule has 3 N–H and O–H groups in total. The summed E-state index contributed by atoms with van der Waals surface area (Å²) in [5, 5.41) is 15.1. The second-order valence-electron chi connectivity index (χ2n) is 14.7. The van der Waals surface area contributed by atoms with Crippen LogP contribution in [-0.4, -0.2) is 91.0 Å². The van der Waals surface area contributed by atoms with Crippen LogP contribution in [-0.2, 0) is 41.2 Å². The number of amides is 2.